The van der Waals surface area contributed by atoms with E-state index < -0.39 is 0 Å². The van der Waals surface area contributed by atoms with Crippen LogP contribution in [0.2, 0.25) is 0 Å². The summed E-state index contributed by atoms with van der Waals surface area (Å²) in [5.41, 5.74) is 9.26. The van der Waals surface area contributed by atoms with E-state index in [4.69, 9.17) is 5.73 Å². The van der Waals surface area contributed by atoms with Crippen LogP contribution in [-0.2, 0) is 6.42 Å². The van der Waals surface area contributed by atoms with E-state index in [0.29, 0.717) is 6.42 Å². The molecule has 0 saturated carbocycles. The summed E-state index contributed by atoms with van der Waals surface area (Å²) in [4.78, 5) is 0. The Hall–Kier alpha value is -1.67. The largest absolute Gasteiger partial charge is 0.324 e. The van der Waals surface area contributed by atoms with Crippen molar-refractivity contribution >= 4 is 0 Å². The van der Waals surface area contributed by atoms with Gasteiger partial charge in [0.1, 0.15) is 5.82 Å². The van der Waals surface area contributed by atoms with E-state index in [1.54, 1.807) is 12.1 Å². The van der Waals surface area contributed by atoms with Crippen LogP contribution in [0.3, 0.4) is 0 Å². The van der Waals surface area contributed by atoms with Gasteiger partial charge in [-0.2, -0.15) is 0 Å². The molecule has 0 aliphatic carbocycles. The maximum Gasteiger partial charge on any atom is 0.123 e. The molecule has 0 radical (unpaired) electrons. The average Bonchev–Trinajstić information content (AvgIpc) is 2.35. The summed E-state index contributed by atoms with van der Waals surface area (Å²) < 4.78 is 13.2. The molecule has 0 aliphatic heterocycles. The molecule has 2 heteroatoms. The standard InChI is InChI=1S/C15H16FN/c1-11-7-8-14(16)9-13(11)10-15(17)12-5-3-2-4-6-12/h2-9,15H,10,17H2,1H3. The molecule has 17 heavy (non-hydrogen) atoms. The Morgan fingerprint density at radius 1 is 1.12 bits per heavy atom. The molecule has 0 bridgehead atoms. The molecule has 2 N–H and O–H groups in total. The van der Waals surface area contributed by atoms with Gasteiger partial charge in [-0.05, 0) is 42.2 Å². The van der Waals surface area contributed by atoms with Crippen LogP contribution in [0.5, 0.6) is 0 Å². The van der Waals surface area contributed by atoms with Crippen molar-refractivity contribution in [1.82, 2.24) is 0 Å². The fourth-order valence-corrected chi connectivity index (χ4v) is 1.91. The Balaban J connectivity index is 2.18. The number of rotatable bonds is 3. The van der Waals surface area contributed by atoms with Crippen molar-refractivity contribution < 1.29 is 4.39 Å². The highest BCUT2D eigenvalue weighted by atomic mass is 19.1. The predicted molar refractivity (Wildman–Crippen MR) is 68.2 cm³/mol. The molecule has 0 aromatic heterocycles. The van der Waals surface area contributed by atoms with Crippen LogP contribution < -0.4 is 5.73 Å². The molecule has 2 rings (SSSR count). The highest BCUT2D eigenvalue weighted by Gasteiger charge is 2.09. The smallest absolute Gasteiger partial charge is 0.123 e. The van der Waals surface area contributed by atoms with Crippen LogP contribution in [0.25, 0.3) is 0 Å². The van der Waals surface area contributed by atoms with Crippen molar-refractivity contribution in [3.8, 4) is 0 Å². The minimum Gasteiger partial charge on any atom is -0.324 e. The molecular weight excluding hydrogens is 213 g/mol. The highest BCUT2D eigenvalue weighted by molar-refractivity contribution is 5.29. The average molecular weight is 229 g/mol. The third-order valence-electron chi connectivity index (χ3n) is 2.98. The van der Waals surface area contributed by atoms with Crippen molar-refractivity contribution in [3.63, 3.8) is 0 Å². The second-order valence-electron chi connectivity index (χ2n) is 4.29. The molecule has 0 amide bonds. The van der Waals surface area contributed by atoms with Crippen LogP contribution in [0.4, 0.5) is 4.39 Å². The minimum atomic E-state index is -0.203. The maximum absolute atomic E-state index is 13.2. The van der Waals surface area contributed by atoms with E-state index in [0.717, 1.165) is 16.7 Å². The molecule has 0 saturated heterocycles. The van der Waals surface area contributed by atoms with Crippen LogP contribution in [0.15, 0.2) is 48.5 Å². The summed E-state index contributed by atoms with van der Waals surface area (Å²) in [5.74, 6) is -0.203. The second-order valence-corrected chi connectivity index (χ2v) is 4.29. The summed E-state index contributed by atoms with van der Waals surface area (Å²) in [5, 5.41) is 0. The van der Waals surface area contributed by atoms with Crippen molar-refractivity contribution in [1.29, 1.82) is 0 Å². The van der Waals surface area contributed by atoms with Gasteiger partial charge in [0.15, 0.2) is 0 Å². The van der Waals surface area contributed by atoms with Gasteiger partial charge in [0, 0.05) is 6.04 Å². The van der Waals surface area contributed by atoms with Gasteiger partial charge >= 0.3 is 0 Å². The lowest BCUT2D eigenvalue weighted by atomic mass is 9.97. The van der Waals surface area contributed by atoms with Crippen LogP contribution in [0, 0.1) is 12.7 Å². The third kappa shape index (κ3) is 2.92. The van der Waals surface area contributed by atoms with Crippen molar-refractivity contribution in [3.05, 3.63) is 71.0 Å². The number of hydrogen-bond donors (Lipinski definition) is 1. The van der Waals surface area contributed by atoms with Crippen LogP contribution in [0.1, 0.15) is 22.7 Å². The van der Waals surface area contributed by atoms with E-state index in [2.05, 4.69) is 0 Å². The predicted octanol–water partition coefficient (Wildman–Crippen LogP) is 3.38. The zero-order valence-corrected chi connectivity index (χ0v) is 9.86. The molecule has 2 aromatic rings. The summed E-state index contributed by atoms with van der Waals surface area (Å²) in [6, 6.07) is 14.6. The second kappa shape index (κ2) is 5.11. The number of hydrogen-bond acceptors (Lipinski definition) is 1. The zero-order chi connectivity index (χ0) is 12.3. The Morgan fingerprint density at radius 3 is 2.53 bits per heavy atom. The van der Waals surface area contributed by atoms with Gasteiger partial charge in [-0.15, -0.1) is 0 Å². The lowest BCUT2D eigenvalue weighted by molar-refractivity contribution is 0.621. The van der Waals surface area contributed by atoms with Gasteiger partial charge in [0.05, 0.1) is 0 Å². The topological polar surface area (TPSA) is 26.0 Å². The molecule has 1 atom stereocenters. The van der Waals surface area contributed by atoms with E-state index >= 15 is 0 Å². The Bertz CT molecular complexity index is 494. The Kier molecular flexibility index (Phi) is 3.55. The molecule has 0 heterocycles. The van der Waals surface area contributed by atoms with Crippen LogP contribution >= 0.6 is 0 Å². The normalized spacial score (nSPS) is 12.4. The van der Waals surface area contributed by atoms with E-state index in [9.17, 15) is 4.39 Å². The summed E-state index contributed by atoms with van der Waals surface area (Å²) in [7, 11) is 0. The first-order chi connectivity index (χ1) is 8.16. The summed E-state index contributed by atoms with van der Waals surface area (Å²) >= 11 is 0. The minimum absolute atomic E-state index is 0.0864. The van der Waals surface area contributed by atoms with Crippen molar-refractivity contribution in [2.75, 3.05) is 0 Å². The first-order valence-corrected chi connectivity index (χ1v) is 5.72. The first-order valence-electron chi connectivity index (χ1n) is 5.72. The first kappa shape index (κ1) is 11.8. The lowest BCUT2D eigenvalue weighted by Crippen LogP contribution is -2.14. The Labute approximate surface area is 101 Å². The fraction of sp³-hybridized carbons (Fsp3) is 0.200. The number of aryl methyl sites for hydroxylation is 1. The van der Waals surface area contributed by atoms with Crippen molar-refractivity contribution in [2.45, 2.75) is 19.4 Å². The lowest BCUT2D eigenvalue weighted by Gasteiger charge is -2.13. The van der Waals surface area contributed by atoms with Crippen molar-refractivity contribution in [2.24, 2.45) is 5.73 Å². The van der Waals surface area contributed by atoms with E-state index in [1.807, 2.05) is 37.3 Å². The highest BCUT2D eigenvalue weighted by Crippen LogP contribution is 2.19. The van der Waals surface area contributed by atoms with Gasteiger partial charge in [-0.25, -0.2) is 4.39 Å². The van der Waals surface area contributed by atoms with Gasteiger partial charge < -0.3 is 5.73 Å². The van der Waals surface area contributed by atoms with Gasteiger partial charge in [-0.1, -0.05) is 36.4 Å². The third-order valence-corrected chi connectivity index (χ3v) is 2.98. The monoisotopic (exact) mass is 229 g/mol. The summed E-state index contributed by atoms with van der Waals surface area (Å²) in [6.45, 7) is 1.98. The molecule has 1 nitrogen and oxygen atoms in total. The number of halogens is 1. The maximum atomic E-state index is 13.2. The van der Waals surface area contributed by atoms with Crippen LogP contribution in [-0.4, -0.2) is 0 Å². The quantitative estimate of drug-likeness (QED) is 0.858. The van der Waals surface area contributed by atoms with Gasteiger partial charge in [0.2, 0.25) is 0 Å². The van der Waals surface area contributed by atoms with E-state index in [-0.39, 0.29) is 11.9 Å². The van der Waals surface area contributed by atoms with Gasteiger partial charge in [-0.3, -0.25) is 0 Å². The SMILES string of the molecule is Cc1ccc(F)cc1CC(N)c1ccccc1. The molecule has 0 spiro atoms. The summed E-state index contributed by atoms with van der Waals surface area (Å²) in [6.07, 6.45) is 0.660. The molecule has 2 aromatic carbocycles. The number of benzene rings is 2. The van der Waals surface area contributed by atoms with Gasteiger partial charge in [0.25, 0.3) is 0 Å². The molecule has 0 fully saturated rings. The molecule has 88 valence electrons. The molecule has 0 aliphatic rings. The number of nitrogens with two attached hydrogens (primary N) is 1. The fourth-order valence-electron chi connectivity index (χ4n) is 1.91. The molecular formula is C15H16FN. The zero-order valence-electron chi connectivity index (χ0n) is 9.86. The Morgan fingerprint density at radius 2 is 1.82 bits per heavy atom. The van der Waals surface area contributed by atoms with E-state index in [1.165, 1.54) is 6.07 Å². The molecule has 1 unspecified atom stereocenters.